The van der Waals surface area contributed by atoms with Gasteiger partial charge in [0.15, 0.2) is 0 Å². The highest BCUT2D eigenvalue weighted by Crippen LogP contribution is 2.42. The van der Waals surface area contributed by atoms with Crippen LogP contribution in [0.25, 0.3) is 0 Å². The maximum atomic E-state index is 6.14. The van der Waals surface area contributed by atoms with Crippen LogP contribution in [0.2, 0.25) is 0 Å². The van der Waals surface area contributed by atoms with Gasteiger partial charge in [0.05, 0.1) is 11.6 Å². The monoisotopic (exact) mass is 226 g/mol. The average Bonchev–Trinajstić information content (AvgIpc) is 2.24. The SMILES string of the molecule is CCOC1(C(NN)C2CCC2)CCCCC1. The van der Waals surface area contributed by atoms with Gasteiger partial charge in [-0.25, -0.2) is 0 Å². The summed E-state index contributed by atoms with van der Waals surface area (Å²) in [5, 5.41) is 0. The molecule has 0 spiro atoms. The summed E-state index contributed by atoms with van der Waals surface area (Å²) in [4.78, 5) is 0. The highest BCUT2D eigenvalue weighted by atomic mass is 16.5. The zero-order valence-corrected chi connectivity index (χ0v) is 10.5. The molecule has 1 unspecified atom stereocenters. The molecule has 2 aliphatic rings. The Kier molecular flexibility index (Phi) is 4.22. The first kappa shape index (κ1) is 12.3. The lowest BCUT2D eigenvalue weighted by molar-refractivity contribution is -0.110. The van der Waals surface area contributed by atoms with E-state index in [0.717, 1.165) is 12.5 Å². The quantitative estimate of drug-likeness (QED) is 0.559. The molecule has 94 valence electrons. The standard InChI is InChI=1S/C13H26N2O/c1-2-16-13(9-4-3-5-10-13)12(15-14)11-7-6-8-11/h11-12,15H,2-10,14H2,1H3. The van der Waals surface area contributed by atoms with Crippen LogP contribution in [0, 0.1) is 5.92 Å². The van der Waals surface area contributed by atoms with Gasteiger partial charge in [-0.1, -0.05) is 25.7 Å². The molecule has 2 saturated carbocycles. The number of hydrogen-bond donors (Lipinski definition) is 2. The second-order valence-electron chi connectivity index (χ2n) is 5.39. The van der Waals surface area contributed by atoms with Crippen LogP contribution in [0.15, 0.2) is 0 Å². The molecule has 3 heteroatoms. The van der Waals surface area contributed by atoms with Gasteiger partial charge in [-0.05, 0) is 38.5 Å². The Labute approximate surface area is 99.1 Å². The Morgan fingerprint density at radius 3 is 2.38 bits per heavy atom. The zero-order chi connectivity index (χ0) is 11.4. The maximum absolute atomic E-state index is 6.14. The first-order valence-electron chi connectivity index (χ1n) is 6.92. The van der Waals surface area contributed by atoms with Gasteiger partial charge in [0, 0.05) is 6.61 Å². The molecule has 0 aliphatic heterocycles. The Morgan fingerprint density at radius 2 is 1.94 bits per heavy atom. The topological polar surface area (TPSA) is 47.3 Å². The lowest BCUT2D eigenvalue weighted by Crippen LogP contribution is -2.60. The predicted molar refractivity (Wildman–Crippen MR) is 65.9 cm³/mol. The smallest absolute Gasteiger partial charge is 0.0850 e. The molecule has 0 aromatic carbocycles. The van der Waals surface area contributed by atoms with Crippen LogP contribution in [-0.2, 0) is 4.74 Å². The minimum absolute atomic E-state index is 0.0346. The van der Waals surface area contributed by atoms with E-state index >= 15 is 0 Å². The van der Waals surface area contributed by atoms with E-state index in [1.165, 1.54) is 51.4 Å². The average molecular weight is 226 g/mol. The molecular weight excluding hydrogens is 200 g/mol. The van der Waals surface area contributed by atoms with Crippen LogP contribution in [-0.4, -0.2) is 18.2 Å². The Morgan fingerprint density at radius 1 is 1.25 bits per heavy atom. The number of hydrazine groups is 1. The summed E-state index contributed by atoms with van der Waals surface area (Å²) in [6.45, 7) is 2.91. The normalized spacial score (nSPS) is 27.4. The Balaban J connectivity index is 2.07. The molecule has 0 aromatic rings. The lowest BCUT2D eigenvalue weighted by atomic mass is 9.68. The molecule has 3 N–H and O–H groups in total. The molecule has 0 bridgehead atoms. The minimum Gasteiger partial charge on any atom is -0.374 e. The van der Waals surface area contributed by atoms with E-state index in [4.69, 9.17) is 10.6 Å². The summed E-state index contributed by atoms with van der Waals surface area (Å²) in [7, 11) is 0. The van der Waals surface area contributed by atoms with Gasteiger partial charge in [-0.15, -0.1) is 0 Å². The molecule has 2 rings (SSSR count). The fourth-order valence-corrected chi connectivity index (χ4v) is 3.47. The number of hydrogen-bond acceptors (Lipinski definition) is 3. The van der Waals surface area contributed by atoms with E-state index in [2.05, 4.69) is 12.3 Å². The summed E-state index contributed by atoms with van der Waals surface area (Å²) in [6.07, 6.45) is 10.3. The zero-order valence-electron chi connectivity index (χ0n) is 10.5. The minimum atomic E-state index is 0.0346. The molecule has 16 heavy (non-hydrogen) atoms. The molecule has 0 radical (unpaired) electrons. The second-order valence-corrected chi connectivity index (χ2v) is 5.39. The van der Waals surface area contributed by atoms with Crippen molar-refractivity contribution in [1.29, 1.82) is 0 Å². The van der Waals surface area contributed by atoms with E-state index in [-0.39, 0.29) is 5.60 Å². The van der Waals surface area contributed by atoms with Gasteiger partial charge in [0.25, 0.3) is 0 Å². The number of nitrogens with one attached hydrogen (secondary N) is 1. The third-order valence-electron chi connectivity index (χ3n) is 4.50. The van der Waals surface area contributed by atoms with Gasteiger partial charge in [-0.3, -0.25) is 11.3 Å². The van der Waals surface area contributed by atoms with Crippen molar-refractivity contribution in [3.63, 3.8) is 0 Å². The van der Waals surface area contributed by atoms with Crippen molar-refractivity contribution >= 4 is 0 Å². The van der Waals surface area contributed by atoms with Crippen molar-refractivity contribution in [2.45, 2.75) is 69.9 Å². The van der Waals surface area contributed by atoms with E-state index in [0.29, 0.717) is 6.04 Å². The third kappa shape index (κ3) is 2.27. The van der Waals surface area contributed by atoms with Crippen molar-refractivity contribution < 1.29 is 4.74 Å². The van der Waals surface area contributed by atoms with Gasteiger partial charge in [0.2, 0.25) is 0 Å². The first-order valence-corrected chi connectivity index (χ1v) is 6.92. The van der Waals surface area contributed by atoms with Crippen molar-refractivity contribution in [2.75, 3.05) is 6.61 Å². The Bertz CT molecular complexity index is 204. The van der Waals surface area contributed by atoms with Crippen LogP contribution in [0.4, 0.5) is 0 Å². The van der Waals surface area contributed by atoms with Crippen molar-refractivity contribution in [1.82, 2.24) is 5.43 Å². The van der Waals surface area contributed by atoms with Gasteiger partial charge >= 0.3 is 0 Å². The number of rotatable bonds is 5. The predicted octanol–water partition coefficient (Wildman–Crippen LogP) is 2.36. The molecule has 0 amide bonds. The van der Waals surface area contributed by atoms with E-state index in [9.17, 15) is 0 Å². The summed E-state index contributed by atoms with van der Waals surface area (Å²) < 4.78 is 6.14. The lowest BCUT2D eigenvalue weighted by Gasteiger charge is -2.48. The van der Waals surface area contributed by atoms with E-state index in [1.54, 1.807) is 0 Å². The van der Waals surface area contributed by atoms with Crippen LogP contribution in [0.5, 0.6) is 0 Å². The molecule has 0 aromatic heterocycles. The molecular formula is C13H26N2O. The van der Waals surface area contributed by atoms with Crippen molar-refractivity contribution in [2.24, 2.45) is 11.8 Å². The molecule has 2 fully saturated rings. The summed E-state index contributed by atoms with van der Waals surface area (Å²) >= 11 is 0. The fourth-order valence-electron chi connectivity index (χ4n) is 3.47. The molecule has 0 saturated heterocycles. The van der Waals surface area contributed by atoms with Gasteiger partial charge in [0.1, 0.15) is 0 Å². The summed E-state index contributed by atoms with van der Waals surface area (Å²) in [6, 6.07) is 0.376. The summed E-state index contributed by atoms with van der Waals surface area (Å²) in [5.41, 5.74) is 3.11. The van der Waals surface area contributed by atoms with E-state index in [1.807, 2.05) is 0 Å². The van der Waals surface area contributed by atoms with Gasteiger partial charge < -0.3 is 4.74 Å². The first-order chi connectivity index (χ1) is 7.82. The molecule has 0 heterocycles. The van der Waals surface area contributed by atoms with Gasteiger partial charge in [-0.2, -0.15) is 0 Å². The largest absolute Gasteiger partial charge is 0.374 e. The highest BCUT2D eigenvalue weighted by Gasteiger charge is 2.45. The van der Waals surface area contributed by atoms with Crippen LogP contribution >= 0.6 is 0 Å². The fraction of sp³-hybridized carbons (Fsp3) is 1.00. The van der Waals surface area contributed by atoms with Crippen LogP contribution in [0.3, 0.4) is 0 Å². The van der Waals surface area contributed by atoms with Crippen molar-refractivity contribution in [3.8, 4) is 0 Å². The Hall–Kier alpha value is -0.120. The summed E-state index contributed by atoms with van der Waals surface area (Å²) in [5.74, 6) is 6.54. The van der Waals surface area contributed by atoms with E-state index < -0.39 is 0 Å². The number of nitrogens with two attached hydrogens (primary N) is 1. The molecule has 3 nitrogen and oxygen atoms in total. The molecule has 1 atom stereocenters. The highest BCUT2D eigenvalue weighted by molar-refractivity contribution is 5.00. The number of ether oxygens (including phenoxy) is 1. The van der Waals surface area contributed by atoms with Crippen molar-refractivity contribution in [3.05, 3.63) is 0 Å². The van der Waals surface area contributed by atoms with Crippen LogP contribution < -0.4 is 11.3 Å². The molecule has 2 aliphatic carbocycles. The third-order valence-corrected chi connectivity index (χ3v) is 4.50. The maximum Gasteiger partial charge on any atom is 0.0850 e. The van der Waals surface area contributed by atoms with Crippen LogP contribution in [0.1, 0.15) is 58.3 Å². The second kappa shape index (κ2) is 5.48.